The zero-order chi connectivity index (χ0) is 22.0. The Balaban J connectivity index is 1.50. The summed E-state index contributed by atoms with van der Waals surface area (Å²) in [5.41, 5.74) is 6.35. The number of nitrogens with one attached hydrogen (secondary N) is 2. The van der Waals surface area contributed by atoms with Gasteiger partial charge in [0.15, 0.2) is 0 Å². The Kier molecular flexibility index (Phi) is 6.26. The quantitative estimate of drug-likeness (QED) is 0.549. The van der Waals surface area contributed by atoms with E-state index in [1.165, 1.54) is 0 Å². The second-order valence-electron chi connectivity index (χ2n) is 7.38. The summed E-state index contributed by atoms with van der Waals surface area (Å²) in [6, 6.07) is 0.592. The summed E-state index contributed by atoms with van der Waals surface area (Å²) >= 11 is 6.27. The van der Waals surface area contributed by atoms with Gasteiger partial charge in [-0.2, -0.15) is 9.97 Å². The maximum Gasteiger partial charge on any atom is 0.282 e. The smallest absolute Gasteiger partial charge is 0.282 e. The first-order valence-electron chi connectivity index (χ1n) is 10.0. The third kappa shape index (κ3) is 4.58. The molecule has 0 spiro atoms. The van der Waals surface area contributed by atoms with Gasteiger partial charge in [-0.1, -0.05) is 11.6 Å². The first-order chi connectivity index (χ1) is 14.9. The molecule has 0 bridgehead atoms. The molecule has 31 heavy (non-hydrogen) atoms. The molecule has 2 aliphatic rings. The lowest BCUT2D eigenvalue weighted by Crippen LogP contribution is -2.59. The van der Waals surface area contributed by atoms with E-state index in [0.717, 1.165) is 6.20 Å². The maximum atomic E-state index is 14.7. The Bertz CT molecular complexity index is 993. The molecule has 0 amide bonds. The highest BCUT2D eigenvalue weighted by Crippen LogP contribution is 2.33. The fourth-order valence-electron chi connectivity index (χ4n) is 3.56. The highest BCUT2D eigenvalue weighted by molar-refractivity contribution is 6.69. The fraction of sp³-hybridized carbons (Fsp3) is 0.526. The van der Waals surface area contributed by atoms with Crippen LogP contribution in [0.4, 0.5) is 14.7 Å². The number of hydrogen-bond acceptors (Lipinski definition) is 8. The van der Waals surface area contributed by atoms with Crippen LogP contribution in [0.5, 0.6) is 5.88 Å². The molecule has 0 radical (unpaired) electrons. The molecule has 4 heterocycles. The first-order valence-corrected chi connectivity index (χ1v) is 10.4. The minimum absolute atomic E-state index is 0.0482. The van der Waals surface area contributed by atoms with Crippen LogP contribution in [0.2, 0.25) is 0 Å². The number of halogens is 3. The molecule has 0 aliphatic carbocycles. The maximum absolute atomic E-state index is 14.7. The molecule has 1 unspecified atom stereocenters. The zero-order valence-electron chi connectivity index (χ0n) is 16.9. The van der Waals surface area contributed by atoms with Gasteiger partial charge in [0.25, 0.3) is 5.92 Å². The Morgan fingerprint density at radius 2 is 2.32 bits per heavy atom. The number of aromatic nitrogens is 3. The standard InChI is InChI=1S/C19H24ClF2N7O2/c1-2-31-17-12-3-5-24-16(12)27-18(28-17)25-13(7-23)15(20)26-14-4-6-29(10-19(14,21)22)11-8-30-9-11/h3,5,7,11,14H,2,4,6,8-10,23H2,1H3,(H2,24,25,27,28). The molecule has 2 fully saturated rings. The third-order valence-electron chi connectivity index (χ3n) is 5.29. The summed E-state index contributed by atoms with van der Waals surface area (Å²) in [7, 11) is 0. The highest BCUT2D eigenvalue weighted by Gasteiger charge is 2.47. The summed E-state index contributed by atoms with van der Waals surface area (Å²) in [4.78, 5) is 17.4. The summed E-state index contributed by atoms with van der Waals surface area (Å²) < 4.78 is 40.1. The van der Waals surface area contributed by atoms with Gasteiger partial charge in [-0.3, -0.25) is 9.89 Å². The van der Waals surface area contributed by atoms with Crippen LogP contribution >= 0.6 is 11.6 Å². The SMILES string of the molecule is CCOc1nc(NC(=CN)C(Cl)=NC2CCN(C3COC3)CC2(F)F)nc2[nH]ccc12. The lowest BCUT2D eigenvalue weighted by Gasteiger charge is -2.43. The van der Waals surface area contributed by atoms with E-state index < -0.39 is 12.0 Å². The number of fused-ring (bicyclic) bond motifs is 1. The van der Waals surface area contributed by atoms with Crippen molar-refractivity contribution in [2.75, 3.05) is 38.2 Å². The lowest BCUT2D eigenvalue weighted by molar-refractivity contribution is -0.133. The molecule has 2 aromatic rings. The molecule has 1 atom stereocenters. The van der Waals surface area contributed by atoms with Crippen molar-refractivity contribution in [1.29, 1.82) is 0 Å². The second kappa shape index (κ2) is 8.93. The van der Waals surface area contributed by atoms with Gasteiger partial charge in [-0.15, -0.1) is 0 Å². The summed E-state index contributed by atoms with van der Waals surface area (Å²) in [6.07, 6.45) is 3.04. The van der Waals surface area contributed by atoms with Crippen LogP contribution in [-0.4, -0.2) is 75.9 Å². The van der Waals surface area contributed by atoms with Crippen molar-refractivity contribution in [2.24, 2.45) is 10.7 Å². The van der Waals surface area contributed by atoms with Gasteiger partial charge in [0, 0.05) is 18.9 Å². The Labute approximate surface area is 182 Å². The van der Waals surface area contributed by atoms with Crippen molar-refractivity contribution in [3.8, 4) is 5.88 Å². The van der Waals surface area contributed by atoms with Gasteiger partial charge < -0.3 is 25.5 Å². The normalized spacial score (nSPS) is 23.0. The van der Waals surface area contributed by atoms with Gasteiger partial charge >= 0.3 is 0 Å². The monoisotopic (exact) mass is 455 g/mol. The second-order valence-corrected chi connectivity index (χ2v) is 7.74. The van der Waals surface area contributed by atoms with Crippen molar-refractivity contribution in [3.63, 3.8) is 0 Å². The fourth-order valence-corrected chi connectivity index (χ4v) is 3.79. The predicted molar refractivity (Wildman–Crippen MR) is 114 cm³/mol. The van der Waals surface area contributed by atoms with Crippen LogP contribution in [0, 0.1) is 0 Å². The molecular formula is C19H24ClF2N7O2. The van der Waals surface area contributed by atoms with E-state index in [4.69, 9.17) is 26.8 Å². The Hall–Kier alpha value is -2.50. The number of ether oxygens (including phenoxy) is 2. The number of aromatic amines is 1. The number of aliphatic imine (C=N–C) groups is 1. The van der Waals surface area contributed by atoms with Crippen molar-refractivity contribution in [3.05, 3.63) is 24.2 Å². The topological polar surface area (TPSA) is 114 Å². The summed E-state index contributed by atoms with van der Waals surface area (Å²) in [5, 5.41) is 3.40. The number of anilines is 1. The summed E-state index contributed by atoms with van der Waals surface area (Å²) in [6.45, 7) is 3.36. The van der Waals surface area contributed by atoms with Crippen LogP contribution in [0.3, 0.4) is 0 Å². The Morgan fingerprint density at radius 1 is 1.52 bits per heavy atom. The lowest BCUT2D eigenvalue weighted by atomic mass is 9.99. The Morgan fingerprint density at radius 3 is 2.97 bits per heavy atom. The molecular weight excluding hydrogens is 432 g/mol. The minimum atomic E-state index is -3.02. The van der Waals surface area contributed by atoms with Crippen molar-refractivity contribution in [1.82, 2.24) is 19.9 Å². The molecule has 0 aromatic carbocycles. The van der Waals surface area contributed by atoms with Crippen molar-refractivity contribution >= 4 is 33.8 Å². The van der Waals surface area contributed by atoms with E-state index in [9.17, 15) is 8.78 Å². The number of allylic oxidation sites excluding steroid dienone is 1. The number of nitrogens with two attached hydrogens (primary N) is 1. The van der Waals surface area contributed by atoms with E-state index in [0.29, 0.717) is 43.3 Å². The van der Waals surface area contributed by atoms with Gasteiger partial charge in [-0.05, 0) is 19.4 Å². The molecule has 168 valence electrons. The predicted octanol–water partition coefficient (Wildman–Crippen LogP) is 2.31. The van der Waals surface area contributed by atoms with E-state index in [1.54, 1.807) is 17.2 Å². The van der Waals surface area contributed by atoms with Gasteiger partial charge in [0.05, 0.1) is 43.5 Å². The first kappa shape index (κ1) is 21.7. The van der Waals surface area contributed by atoms with Crippen LogP contribution < -0.4 is 15.8 Å². The number of piperidine rings is 1. The van der Waals surface area contributed by atoms with Gasteiger partial charge in [-0.25, -0.2) is 8.78 Å². The largest absolute Gasteiger partial charge is 0.477 e. The van der Waals surface area contributed by atoms with Crippen molar-refractivity contribution < 1.29 is 18.3 Å². The number of hydrogen-bond donors (Lipinski definition) is 3. The molecule has 4 N–H and O–H groups in total. The molecule has 0 saturated carbocycles. The van der Waals surface area contributed by atoms with Gasteiger partial charge in [0.1, 0.15) is 16.9 Å². The van der Waals surface area contributed by atoms with Crippen LogP contribution in [0.15, 0.2) is 29.2 Å². The van der Waals surface area contributed by atoms with E-state index in [-0.39, 0.29) is 35.8 Å². The minimum Gasteiger partial charge on any atom is -0.477 e. The van der Waals surface area contributed by atoms with E-state index >= 15 is 0 Å². The molecule has 12 heteroatoms. The molecule has 2 saturated heterocycles. The number of H-pyrrole nitrogens is 1. The van der Waals surface area contributed by atoms with E-state index in [1.807, 2.05) is 6.92 Å². The van der Waals surface area contributed by atoms with Gasteiger partial charge in [0.2, 0.25) is 11.8 Å². The zero-order valence-corrected chi connectivity index (χ0v) is 17.7. The highest BCUT2D eigenvalue weighted by atomic mass is 35.5. The van der Waals surface area contributed by atoms with Crippen molar-refractivity contribution in [2.45, 2.75) is 31.4 Å². The van der Waals surface area contributed by atoms with Crippen LogP contribution in [0.25, 0.3) is 11.0 Å². The molecule has 9 nitrogen and oxygen atoms in total. The average Bonchev–Trinajstić information content (AvgIpc) is 3.15. The number of alkyl halides is 2. The third-order valence-corrected chi connectivity index (χ3v) is 5.60. The molecule has 2 aromatic heterocycles. The van der Waals surface area contributed by atoms with Crippen LogP contribution in [0.1, 0.15) is 13.3 Å². The number of nitrogens with zero attached hydrogens (tertiary/aromatic N) is 4. The number of rotatable bonds is 7. The molecule has 2 aliphatic heterocycles. The summed E-state index contributed by atoms with van der Waals surface area (Å²) in [5.74, 6) is -2.50. The van der Waals surface area contributed by atoms with E-state index in [2.05, 4.69) is 25.3 Å². The average molecular weight is 456 g/mol. The molecule has 4 rings (SSSR count). The van der Waals surface area contributed by atoms with Crippen LogP contribution in [-0.2, 0) is 4.74 Å². The number of likely N-dealkylation sites (tertiary alicyclic amines) is 1.